The monoisotopic (exact) mass is 876 g/mol. The van der Waals surface area contributed by atoms with Crippen LogP contribution in [0.2, 0.25) is 17.3 Å². The number of furan rings is 1. The summed E-state index contributed by atoms with van der Waals surface area (Å²) < 4.78 is 45.9. The number of halogens is 1. The zero-order valence-electron chi connectivity index (χ0n) is 30.9. The Balaban J connectivity index is 0.000000237. The predicted molar refractivity (Wildman–Crippen MR) is 196 cm³/mol. The molecule has 48 heavy (non-hydrogen) atoms. The fourth-order valence-electron chi connectivity index (χ4n) is 5.85. The summed E-state index contributed by atoms with van der Waals surface area (Å²) in [5, 5.41) is 1.50. The summed E-state index contributed by atoms with van der Waals surface area (Å²) in [6.07, 6.45) is 3.84. The van der Waals surface area contributed by atoms with Crippen LogP contribution < -0.4 is 4.40 Å². The molecule has 3 nitrogen and oxygen atoms in total. The normalized spacial score (nSPS) is 12.5. The van der Waals surface area contributed by atoms with Crippen molar-refractivity contribution in [2.75, 3.05) is 0 Å². The standard InChI is InChI=1S/C27H21FNO.C15H18GeN.Ir/c1-16(2)19-13-14-29-25(15-19)24-6-4-5-22-23-12-11-21(17(3)26(23)30-27(22)24)18-7-9-20(28)10-8-18;1-12-10-15(13-8-6-5-7-9-13)17-11-14(12)16(2,3)4;/h4-5,7-16H,1-3H3;5-8,10-11H,1-4H3;/q2*-1;/i3D3;;. The maximum absolute atomic E-state index is 13.5. The molecule has 0 aliphatic carbocycles. The molecule has 245 valence electrons. The largest absolute Gasteiger partial charge is 0.500 e. The molecule has 0 aliphatic rings. The number of hydrogen-bond acceptors (Lipinski definition) is 3. The van der Waals surface area contributed by atoms with E-state index in [0.29, 0.717) is 39.2 Å². The van der Waals surface area contributed by atoms with Crippen molar-refractivity contribution in [2.24, 2.45) is 0 Å². The van der Waals surface area contributed by atoms with E-state index < -0.39 is 20.1 Å². The van der Waals surface area contributed by atoms with Gasteiger partial charge in [0.05, 0.1) is 5.58 Å². The maximum Gasteiger partial charge on any atom is 0.124 e. The van der Waals surface area contributed by atoms with Crippen molar-refractivity contribution in [3.63, 3.8) is 0 Å². The molecular formula is C42H39FGeIrN2O-2. The van der Waals surface area contributed by atoms with E-state index in [-0.39, 0.29) is 31.5 Å². The third-order valence-corrected chi connectivity index (χ3v) is 12.9. The average molecular weight is 875 g/mol. The van der Waals surface area contributed by atoms with Crippen LogP contribution in [0.25, 0.3) is 55.6 Å². The minimum atomic E-state index is -2.43. The summed E-state index contributed by atoms with van der Waals surface area (Å²) in [6, 6.07) is 33.7. The summed E-state index contributed by atoms with van der Waals surface area (Å²) in [5.74, 6) is 7.16. The van der Waals surface area contributed by atoms with Crippen molar-refractivity contribution in [3.05, 3.63) is 138 Å². The van der Waals surface area contributed by atoms with Crippen LogP contribution in [0.3, 0.4) is 0 Å². The van der Waals surface area contributed by atoms with Crippen molar-refractivity contribution in [1.82, 2.24) is 9.97 Å². The molecule has 0 unspecified atom stereocenters. The fraction of sp³-hybridized carbons (Fsp3) is 0.190. The third-order valence-electron chi connectivity index (χ3n) is 8.37. The number of nitrogens with zero attached hydrogens (tertiary/aromatic N) is 2. The molecule has 1 radical (unpaired) electrons. The molecule has 4 aromatic carbocycles. The Morgan fingerprint density at radius 3 is 2.27 bits per heavy atom. The van der Waals surface area contributed by atoms with Gasteiger partial charge in [0, 0.05) is 35.8 Å². The van der Waals surface area contributed by atoms with E-state index in [1.54, 1.807) is 30.5 Å². The van der Waals surface area contributed by atoms with Crippen LogP contribution in [-0.4, -0.2) is 23.2 Å². The zero-order chi connectivity index (χ0) is 35.8. The van der Waals surface area contributed by atoms with E-state index in [2.05, 4.69) is 78.5 Å². The molecule has 7 rings (SSSR count). The first-order valence-electron chi connectivity index (χ1n) is 17.3. The SMILES string of the molecule is Cc1cc(-c2[c-]cccc2)nc[c]1[Ge]([CH3])([CH3])[CH3].[2H]C([2H])([2H])c1c(-c2ccc(F)cc2)ccc2c1oc1c(-c3cc(C(C)C)ccn3)[c-]ccc12.[Ir]. The van der Waals surface area contributed by atoms with Crippen LogP contribution in [-0.2, 0) is 20.1 Å². The first-order valence-corrected chi connectivity index (χ1v) is 23.1. The first-order chi connectivity index (χ1) is 23.7. The van der Waals surface area contributed by atoms with E-state index in [4.69, 9.17) is 8.53 Å². The van der Waals surface area contributed by atoms with E-state index in [0.717, 1.165) is 27.9 Å². The maximum atomic E-state index is 13.5. The molecule has 0 aliphatic heterocycles. The Kier molecular flexibility index (Phi) is 9.61. The van der Waals surface area contributed by atoms with Crippen LogP contribution in [0.5, 0.6) is 0 Å². The number of rotatable bonds is 5. The van der Waals surface area contributed by atoms with E-state index in [1.165, 1.54) is 22.1 Å². The predicted octanol–water partition coefficient (Wildman–Crippen LogP) is 11.1. The van der Waals surface area contributed by atoms with E-state index in [9.17, 15) is 4.39 Å². The number of benzene rings is 4. The topological polar surface area (TPSA) is 38.9 Å². The van der Waals surface area contributed by atoms with Gasteiger partial charge in [-0.3, -0.25) is 0 Å². The Morgan fingerprint density at radius 2 is 1.60 bits per heavy atom. The number of hydrogen-bond donors (Lipinski definition) is 0. The molecule has 0 amide bonds. The van der Waals surface area contributed by atoms with Gasteiger partial charge in [-0.2, -0.15) is 0 Å². The van der Waals surface area contributed by atoms with Gasteiger partial charge in [-0.1, -0.05) is 60.7 Å². The van der Waals surface area contributed by atoms with Crippen molar-refractivity contribution < 1.29 is 33.0 Å². The van der Waals surface area contributed by atoms with E-state index in [1.807, 2.05) is 42.5 Å². The number of fused-ring (bicyclic) bond motifs is 3. The Morgan fingerprint density at radius 1 is 0.833 bits per heavy atom. The summed E-state index contributed by atoms with van der Waals surface area (Å²) in [4.78, 5) is 9.11. The quantitative estimate of drug-likeness (QED) is 0.128. The Labute approximate surface area is 303 Å². The second-order valence-electron chi connectivity index (χ2n) is 13.1. The van der Waals surface area contributed by atoms with Crippen LogP contribution in [0.4, 0.5) is 4.39 Å². The summed E-state index contributed by atoms with van der Waals surface area (Å²) in [6.45, 7) is 3.99. The number of pyridine rings is 2. The Bertz CT molecular complexity index is 2300. The summed E-state index contributed by atoms with van der Waals surface area (Å²) in [7, 11) is 0. The van der Waals surface area contributed by atoms with Crippen molar-refractivity contribution in [3.8, 4) is 33.6 Å². The molecule has 3 aromatic heterocycles. The molecule has 0 N–H and O–H groups in total. The molecule has 0 spiro atoms. The minimum Gasteiger partial charge on any atom is -0.500 e. The molecular weight excluding hydrogens is 832 g/mol. The third kappa shape index (κ3) is 7.39. The molecule has 0 bridgehead atoms. The molecule has 0 saturated carbocycles. The molecule has 7 aromatic rings. The van der Waals surface area contributed by atoms with Gasteiger partial charge in [-0.15, -0.1) is 18.2 Å². The minimum absolute atomic E-state index is 0. The zero-order valence-corrected chi connectivity index (χ0v) is 32.4. The first kappa shape index (κ1) is 31.4. The molecule has 3 heterocycles. The summed E-state index contributed by atoms with van der Waals surface area (Å²) in [5.41, 5.74) is 8.08. The second-order valence-corrected chi connectivity index (χ2v) is 23.7. The van der Waals surface area contributed by atoms with E-state index >= 15 is 0 Å². The van der Waals surface area contributed by atoms with Crippen molar-refractivity contribution in [2.45, 2.75) is 50.8 Å². The van der Waals surface area contributed by atoms with Crippen molar-refractivity contribution in [1.29, 1.82) is 0 Å². The van der Waals surface area contributed by atoms with Crippen LogP contribution in [0.15, 0.2) is 108 Å². The van der Waals surface area contributed by atoms with Crippen LogP contribution in [0.1, 0.15) is 40.6 Å². The van der Waals surface area contributed by atoms with Gasteiger partial charge >= 0.3 is 106 Å². The average Bonchev–Trinajstić information content (AvgIpc) is 3.46. The van der Waals surface area contributed by atoms with Crippen LogP contribution >= 0.6 is 0 Å². The van der Waals surface area contributed by atoms with Gasteiger partial charge in [0.2, 0.25) is 0 Å². The molecule has 0 atom stereocenters. The summed E-state index contributed by atoms with van der Waals surface area (Å²) >= 11 is -1.77. The molecule has 6 heteroatoms. The van der Waals surface area contributed by atoms with Crippen LogP contribution in [0, 0.1) is 31.7 Å². The van der Waals surface area contributed by atoms with Gasteiger partial charge in [0.15, 0.2) is 0 Å². The van der Waals surface area contributed by atoms with Gasteiger partial charge in [-0.05, 0) is 53.4 Å². The van der Waals surface area contributed by atoms with Crippen molar-refractivity contribution >= 4 is 39.6 Å². The van der Waals surface area contributed by atoms with Gasteiger partial charge < -0.3 is 9.40 Å². The Hall–Kier alpha value is -3.90. The number of aryl methyl sites for hydroxylation is 2. The molecule has 0 saturated heterocycles. The number of aromatic nitrogens is 2. The van der Waals surface area contributed by atoms with Gasteiger partial charge in [0.25, 0.3) is 0 Å². The smallest absolute Gasteiger partial charge is 0.124 e. The fourth-order valence-corrected chi connectivity index (χ4v) is 9.43. The van der Waals surface area contributed by atoms with Gasteiger partial charge in [-0.25, -0.2) is 4.39 Å². The second kappa shape index (κ2) is 14.7. The molecule has 0 fully saturated rings. The van der Waals surface area contributed by atoms with Gasteiger partial charge in [0.1, 0.15) is 11.4 Å².